The van der Waals surface area contributed by atoms with Gasteiger partial charge < -0.3 is 5.73 Å². The Morgan fingerprint density at radius 1 is 1.35 bits per heavy atom. The predicted molar refractivity (Wildman–Crippen MR) is 79.9 cm³/mol. The number of thiazole rings is 1. The van der Waals surface area contributed by atoms with Crippen LogP contribution >= 0.6 is 11.3 Å². The number of benzene rings is 1. The second-order valence-electron chi connectivity index (χ2n) is 5.49. The molecule has 0 bridgehead atoms. The van der Waals surface area contributed by atoms with E-state index in [0.717, 1.165) is 35.9 Å². The van der Waals surface area contributed by atoms with Gasteiger partial charge in [0, 0.05) is 36.6 Å². The molecule has 2 atom stereocenters. The fourth-order valence-electron chi connectivity index (χ4n) is 2.56. The maximum Gasteiger partial charge on any atom is 0.123 e. The molecular weight excluding hydrogens is 273 g/mol. The Hall–Kier alpha value is -1.30. The summed E-state index contributed by atoms with van der Waals surface area (Å²) < 4.78 is 12.9. The Bertz CT molecular complexity index is 571. The summed E-state index contributed by atoms with van der Waals surface area (Å²) in [5, 5.41) is 3.02. The summed E-state index contributed by atoms with van der Waals surface area (Å²) in [4.78, 5) is 6.98. The van der Waals surface area contributed by atoms with Gasteiger partial charge in [0.2, 0.25) is 0 Å². The van der Waals surface area contributed by atoms with Gasteiger partial charge in [0.05, 0.1) is 5.69 Å². The summed E-state index contributed by atoms with van der Waals surface area (Å²) in [7, 11) is 0. The molecule has 3 rings (SSSR count). The van der Waals surface area contributed by atoms with Crippen LogP contribution in [0.5, 0.6) is 0 Å². The summed E-state index contributed by atoms with van der Waals surface area (Å²) in [5.74, 6) is 0.329. The van der Waals surface area contributed by atoms with Crippen molar-refractivity contribution in [1.29, 1.82) is 0 Å². The second-order valence-corrected chi connectivity index (χ2v) is 6.34. The van der Waals surface area contributed by atoms with Crippen LogP contribution in [0.3, 0.4) is 0 Å². The van der Waals surface area contributed by atoms with E-state index in [1.54, 1.807) is 23.5 Å². The Morgan fingerprint density at radius 2 is 2.10 bits per heavy atom. The van der Waals surface area contributed by atoms with Gasteiger partial charge in [0.25, 0.3) is 0 Å². The highest BCUT2D eigenvalue weighted by Gasteiger charge is 2.26. The van der Waals surface area contributed by atoms with E-state index in [-0.39, 0.29) is 11.9 Å². The minimum atomic E-state index is -0.217. The third-order valence-electron chi connectivity index (χ3n) is 3.77. The van der Waals surface area contributed by atoms with Crippen molar-refractivity contribution >= 4 is 11.3 Å². The Kier molecular flexibility index (Phi) is 3.83. The highest BCUT2D eigenvalue weighted by atomic mass is 32.1. The third kappa shape index (κ3) is 2.90. The summed E-state index contributed by atoms with van der Waals surface area (Å²) in [6.07, 6.45) is 0. The monoisotopic (exact) mass is 291 g/mol. The van der Waals surface area contributed by atoms with Crippen LogP contribution in [-0.4, -0.2) is 29.0 Å². The summed E-state index contributed by atoms with van der Waals surface area (Å²) >= 11 is 1.60. The van der Waals surface area contributed by atoms with Gasteiger partial charge in [-0.05, 0) is 30.2 Å². The SMILES string of the molecule is CC1CN(Cc2csc(-c3ccc(F)cc3)n2)CC1N. The first-order chi connectivity index (χ1) is 9.61. The van der Waals surface area contributed by atoms with E-state index in [9.17, 15) is 4.39 Å². The standard InChI is InChI=1S/C15H18FN3S/c1-10-6-19(8-14(10)17)7-13-9-20-15(18-13)11-2-4-12(16)5-3-11/h2-5,9-10,14H,6-8,17H2,1H3. The molecule has 2 aromatic rings. The van der Waals surface area contributed by atoms with E-state index in [1.165, 1.54) is 12.1 Å². The minimum Gasteiger partial charge on any atom is -0.326 e. The lowest BCUT2D eigenvalue weighted by atomic mass is 10.1. The van der Waals surface area contributed by atoms with Crippen molar-refractivity contribution in [2.75, 3.05) is 13.1 Å². The van der Waals surface area contributed by atoms with Crippen molar-refractivity contribution < 1.29 is 4.39 Å². The van der Waals surface area contributed by atoms with Gasteiger partial charge in [0.15, 0.2) is 0 Å². The summed E-state index contributed by atoms with van der Waals surface area (Å²) in [6.45, 7) is 5.00. The van der Waals surface area contributed by atoms with Crippen LogP contribution in [0.1, 0.15) is 12.6 Å². The van der Waals surface area contributed by atoms with Crippen molar-refractivity contribution in [1.82, 2.24) is 9.88 Å². The van der Waals surface area contributed by atoms with E-state index >= 15 is 0 Å². The first kappa shape index (κ1) is 13.7. The largest absolute Gasteiger partial charge is 0.326 e. The van der Waals surface area contributed by atoms with Gasteiger partial charge in [-0.2, -0.15) is 0 Å². The van der Waals surface area contributed by atoms with Crippen LogP contribution in [0, 0.1) is 11.7 Å². The van der Waals surface area contributed by atoms with Crippen LogP contribution in [0.25, 0.3) is 10.6 Å². The van der Waals surface area contributed by atoms with Gasteiger partial charge in [-0.1, -0.05) is 6.92 Å². The van der Waals surface area contributed by atoms with Crippen LogP contribution < -0.4 is 5.73 Å². The number of aromatic nitrogens is 1. The lowest BCUT2D eigenvalue weighted by molar-refractivity contribution is 0.315. The second kappa shape index (κ2) is 5.60. The van der Waals surface area contributed by atoms with E-state index in [0.29, 0.717) is 5.92 Å². The smallest absolute Gasteiger partial charge is 0.123 e. The van der Waals surface area contributed by atoms with E-state index in [4.69, 9.17) is 5.73 Å². The molecular formula is C15H18FN3S. The third-order valence-corrected chi connectivity index (χ3v) is 4.71. The minimum absolute atomic E-state index is 0.217. The summed E-state index contributed by atoms with van der Waals surface area (Å²) in [5.41, 5.74) is 8.07. The number of nitrogens with zero attached hydrogens (tertiary/aromatic N) is 2. The maximum atomic E-state index is 12.9. The predicted octanol–water partition coefficient (Wildman–Crippen LogP) is 2.73. The fraction of sp³-hybridized carbons (Fsp3) is 0.400. The number of likely N-dealkylation sites (tertiary alicyclic amines) is 1. The first-order valence-electron chi connectivity index (χ1n) is 6.80. The molecule has 20 heavy (non-hydrogen) atoms. The quantitative estimate of drug-likeness (QED) is 0.945. The number of hydrogen-bond acceptors (Lipinski definition) is 4. The Balaban J connectivity index is 1.69. The van der Waals surface area contributed by atoms with Crippen molar-refractivity contribution in [3.8, 4) is 10.6 Å². The zero-order valence-corrected chi connectivity index (χ0v) is 12.2. The van der Waals surface area contributed by atoms with Gasteiger partial charge in [-0.25, -0.2) is 9.37 Å². The van der Waals surface area contributed by atoms with Gasteiger partial charge in [-0.3, -0.25) is 4.90 Å². The fourth-order valence-corrected chi connectivity index (χ4v) is 3.38. The molecule has 0 amide bonds. The molecule has 2 heterocycles. The molecule has 0 aliphatic carbocycles. The molecule has 0 spiro atoms. The molecule has 1 aromatic carbocycles. The highest BCUT2D eigenvalue weighted by Crippen LogP contribution is 2.25. The molecule has 1 aromatic heterocycles. The molecule has 3 nitrogen and oxygen atoms in total. The van der Waals surface area contributed by atoms with Gasteiger partial charge >= 0.3 is 0 Å². The molecule has 2 N–H and O–H groups in total. The molecule has 1 fully saturated rings. The molecule has 5 heteroatoms. The summed E-state index contributed by atoms with van der Waals surface area (Å²) in [6, 6.07) is 6.75. The molecule has 106 valence electrons. The lowest BCUT2D eigenvalue weighted by Crippen LogP contribution is -2.28. The molecule has 0 saturated carbocycles. The van der Waals surface area contributed by atoms with E-state index < -0.39 is 0 Å². The molecule has 1 saturated heterocycles. The Labute approximate surface area is 122 Å². The zero-order valence-electron chi connectivity index (χ0n) is 11.4. The van der Waals surface area contributed by atoms with Crippen LogP contribution in [0.4, 0.5) is 4.39 Å². The molecule has 2 unspecified atom stereocenters. The van der Waals surface area contributed by atoms with Crippen molar-refractivity contribution in [3.05, 3.63) is 41.2 Å². The van der Waals surface area contributed by atoms with Crippen molar-refractivity contribution in [2.45, 2.75) is 19.5 Å². The number of nitrogens with two attached hydrogens (primary N) is 1. The zero-order chi connectivity index (χ0) is 14.1. The van der Waals surface area contributed by atoms with Crippen molar-refractivity contribution in [2.24, 2.45) is 11.7 Å². The Morgan fingerprint density at radius 3 is 2.75 bits per heavy atom. The molecule has 1 aliphatic rings. The number of halogens is 1. The van der Waals surface area contributed by atoms with Crippen LogP contribution in [0.2, 0.25) is 0 Å². The highest BCUT2D eigenvalue weighted by molar-refractivity contribution is 7.13. The van der Waals surface area contributed by atoms with E-state index in [2.05, 4.69) is 22.2 Å². The average molecular weight is 291 g/mol. The van der Waals surface area contributed by atoms with Gasteiger partial charge in [-0.15, -0.1) is 11.3 Å². The van der Waals surface area contributed by atoms with Crippen molar-refractivity contribution in [3.63, 3.8) is 0 Å². The lowest BCUT2D eigenvalue weighted by Gasteiger charge is -2.12. The first-order valence-corrected chi connectivity index (χ1v) is 7.68. The molecule has 1 aliphatic heterocycles. The van der Waals surface area contributed by atoms with E-state index in [1.807, 2.05) is 0 Å². The number of hydrogen-bond donors (Lipinski definition) is 1. The topological polar surface area (TPSA) is 42.2 Å². The molecule has 0 radical (unpaired) electrons. The average Bonchev–Trinajstić information content (AvgIpc) is 2.99. The number of rotatable bonds is 3. The van der Waals surface area contributed by atoms with Crippen LogP contribution in [-0.2, 0) is 6.54 Å². The van der Waals surface area contributed by atoms with Gasteiger partial charge in [0.1, 0.15) is 10.8 Å². The normalized spacial score (nSPS) is 23.4. The van der Waals surface area contributed by atoms with Crippen LogP contribution in [0.15, 0.2) is 29.6 Å². The maximum absolute atomic E-state index is 12.9.